The number of Topliss-reactive ketones (excluding diaryl/α,β-unsaturated/α-hetero) is 2. The molecule has 0 amide bonds. The van der Waals surface area contributed by atoms with E-state index in [0.717, 1.165) is 32.4 Å². The van der Waals surface area contributed by atoms with Crippen molar-refractivity contribution in [1.82, 2.24) is 10.6 Å². The molecule has 0 aromatic rings. The molecule has 1 atom stereocenters. The van der Waals surface area contributed by atoms with Crippen LogP contribution >= 0.6 is 0 Å². The van der Waals surface area contributed by atoms with Crippen molar-refractivity contribution in [3.8, 4) is 0 Å². The molecule has 0 fully saturated rings. The highest BCUT2D eigenvalue weighted by atomic mass is 16.1. The first-order valence-corrected chi connectivity index (χ1v) is 9.20. The molecule has 0 aliphatic heterocycles. The molecule has 0 heterocycles. The molecule has 4 heteroatoms. The van der Waals surface area contributed by atoms with E-state index in [1.165, 1.54) is 0 Å². The smallest absolute Gasteiger partial charge is 0.139 e. The molecule has 0 aromatic carbocycles. The third kappa shape index (κ3) is 11.4. The largest absolute Gasteiger partial charge is 0.314 e. The van der Waals surface area contributed by atoms with Crippen LogP contribution in [0.4, 0.5) is 0 Å². The molecule has 4 nitrogen and oxygen atoms in total. The first-order chi connectivity index (χ1) is 10.7. The summed E-state index contributed by atoms with van der Waals surface area (Å²) in [5, 5.41) is 6.76. The second-order valence-corrected chi connectivity index (χ2v) is 7.56. The van der Waals surface area contributed by atoms with Crippen LogP contribution in [0.1, 0.15) is 80.1 Å². The highest BCUT2D eigenvalue weighted by Gasteiger charge is 2.26. The highest BCUT2D eigenvalue weighted by molar-refractivity contribution is 5.84. The minimum absolute atomic E-state index is 0.257. The van der Waals surface area contributed by atoms with Gasteiger partial charge in [-0.25, -0.2) is 0 Å². The maximum Gasteiger partial charge on any atom is 0.139 e. The van der Waals surface area contributed by atoms with E-state index in [2.05, 4.69) is 45.3 Å². The van der Waals surface area contributed by atoms with Crippen molar-refractivity contribution in [2.75, 3.05) is 13.1 Å². The maximum absolute atomic E-state index is 12.3. The van der Waals surface area contributed by atoms with E-state index in [4.69, 9.17) is 0 Å². The number of carbonyl (C=O) groups excluding carboxylic acids is 2. The van der Waals surface area contributed by atoms with Crippen molar-refractivity contribution in [2.24, 2.45) is 5.41 Å². The molecule has 136 valence electrons. The standard InChI is InChI=1S/C19H38N2O2/c1-7-17(22)9-8-13-21-16(4)10-12-19(5,6)18(23)11-14-20-15(2)3/h15-16,20-21H,7-14H2,1-6H3. The second-order valence-electron chi connectivity index (χ2n) is 7.56. The summed E-state index contributed by atoms with van der Waals surface area (Å²) in [6, 6.07) is 0.808. The molecule has 0 rings (SSSR count). The molecule has 1 unspecified atom stereocenters. The second kappa shape index (κ2) is 11.7. The van der Waals surface area contributed by atoms with E-state index in [9.17, 15) is 9.59 Å². The van der Waals surface area contributed by atoms with Crippen LogP contribution in [-0.4, -0.2) is 36.7 Å². The van der Waals surface area contributed by atoms with Crippen molar-refractivity contribution < 1.29 is 9.59 Å². The maximum atomic E-state index is 12.3. The molecule has 0 bridgehead atoms. The van der Waals surface area contributed by atoms with Gasteiger partial charge in [0.25, 0.3) is 0 Å². The van der Waals surface area contributed by atoms with Gasteiger partial charge in [0.15, 0.2) is 0 Å². The fraction of sp³-hybridized carbons (Fsp3) is 0.895. The van der Waals surface area contributed by atoms with Gasteiger partial charge in [-0.05, 0) is 32.7 Å². The van der Waals surface area contributed by atoms with Crippen LogP contribution in [0.5, 0.6) is 0 Å². The highest BCUT2D eigenvalue weighted by Crippen LogP contribution is 2.25. The van der Waals surface area contributed by atoms with Crippen molar-refractivity contribution in [3.63, 3.8) is 0 Å². The van der Waals surface area contributed by atoms with E-state index in [1.807, 2.05) is 6.92 Å². The molecular weight excluding hydrogens is 288 g/mol. The Hall–Kier alpha value is -0.740. The topological polar surface area (TPSA) is 58.2 Å². The molecular formula is C19H38N2O2. The number of carbonyl (C=O) groups is 2. The zero-order valence-electron chi connectivity index (χ0n) is 16.1. The van der Waals surface area contributed by atoms with E-state index in [0.29, 0.717) is 42.9 Å². The number of nitrogens with one attached hydrogen (secondary N) is 2. The van der Waals surface area contributed by atoms with Gasteiger partial charge in [0.1, 0.15) is 11.6 Å². The van der Waals surface area contributed by atoms with Crippen LogP contribution in [0.3, 0.4) is 0 Å². The number of hydrogen-bond donors (Lipinski definition) is 2. The monoisotopic (exact) mass is 326 g/mol. The van der Waals surface area contributed by atoms with Crippen LogP contribution in [0.15, 0.2) is 0 Å². The molecule has 0 aliphatic rings. The summed E-state index contributed by atoms with van der Waals surface area (Å²) in [7, 11) is 0. The van der Waals surface area contributed by atoms with E-state index in [1.54, 1.807) is 0 Å². The van der Waals surface area contributed by atoms with Gasteiger partial charge >= 0.3 is 0 Å². The predicted octanol–water partition coefficient (Wildman–Crippen LogP) is 3.49. The lowest BCUT2D eigenvalue weighted by molar-refractivity contribution is -0.127. The summed E-state index contributed by atoms with van der Waals surface area (Å²) < 4.78 is 0. The van der Waals surface area contributed by atoms with Crippen LogP contribution in [-0.2, 0) is 9.59 Å². The van der Waals surface area contributed by atoms with Crippen LogP contribution in [0, 0.1) is 5.41 Å². The Balaban J connectivity index is 3.92. The van der Waals surface area contributed by atoms with Crippen molar-refractivity contribution in [3.05, 3.63) is 0 Å². The van der Waals surface area contributed by atoms with Gasteiger partial charge in [-0.1, -0.05) is 34.6 Å². The van der Waals surface area contributed by atoms with Crippen molar-refractivity contribution in [2.45, 2.75) is 92.2 Å². The molecule has 0 aromatic heterocycles. The number of ketones is 2. The Bertz CT molecular complexity index is 351. The predicted molar refractivity (Wildman–Crippen MR) is 97.8 cm³/mol. The van der Waals surface area contributed by atoms with Gasteiger partial charge < -0.3 is 10.6 Å². The fourth-order valence-electron chi connectivity index (χ4n) is 2.44. The summed E-state index contributed by atoms with van der Waals surface area (Å²) in [5.74, 6) is 0.674. The quantitative estimate of drug-likeness (QED) is 0.480. The van der Waals surface area contributed by atoms with Crippen molar-refractivity contribution in [1.29, 1.82) is 0 Å². The number of hydrogen-bond acceptors (Lipinski definition) is 4. The lowest BCUT2D eigenvalue weighted by Gasteiger charge is -2.25. The van der Waals surface area contributed by atoms with E-state index >= 15 is 0 Å². The van der Waals surface area contributed by atoms with Crippen LogP contribution in [0.2, 0.25) is 0 Å². The molecule has 0 saturated heterocycles. The lowest BCUT2D eigenvalue weighted by Crippen LogP contribution is -2.33. The van der Waals surface area contributed by atoms with Crippen LogP contribution in [0.25, 0.3) is 0 Å². The Kier molecular flexibility index (Phi) is 11.4. The zero-order valence-corrected chi connectivity index (χ0v) is 16.1. The van der Waals surface area contributed by atoms with Crippen molar-refractivity contribution >= 4 is 11.6 Å². The molecule has 2 N–H and O–H groups in total. The Labute approximate surface area is 143 Å². The molecule has 0 saturated carbocycles. The first kappa shape index (κ1) is 22.3. The Morgan fingerprint density at radius 1 is 1.00 bits per heavy atom. The molecule has 0 aliphatic carbocycles. The minimum Gasteiger partial charge on any atom is -0.314 e. The van der Waals surface area contributed by atoms with E-state index < -0.39 is 0 Å². The summed E-state index contributed by atoms with van der Waals surface area (Å²) in [6.45, 7) is 14.0. The van der Waals surface area contributed by atoms with Gasteiger partial charge in [0.05, 0.1) is 0 Å². The molecule has 0 spiro atoms. The average molecular weight is 327 g/mol. The zero-order chi connectivity index (χ0) is 17.9. The van der Waals surface area contributed by atoms with Gasteiger partial charge in [0, 0.05) is 43.3 Å². The van der Waals surface area contributed by atoms with Gasteiger partial charge in [-0.2, -0.15) is 0 Å². The molecule has 0 radical (unpaired) electrons. The third-order valence-corrected chi connectivity index (χ3v) is 4.38. The van der Waals surface area contributed by atoms with Gasteiger partial charge in [-0.15, -0.1) is 0 Å². The lowest BCUT2D eigenvalue weighted by atomic mass is 9.81. The normalized spacial score (nSPS) is 13.3. The summed E-state index contributed by atoms with van der Waals surface area (Å²) in [6.07, 6.45) is 4.69. The summed E-state index contributed by atoms with van der Waals surface area (Å²) in [4.78, 5) is 23.6. The fourth-order valence-corrected chi connectivity index (χ4v) is 2.44. The Morgan fingerprint density at radius 2 is 1.65 bits per heavy atom. The number of rotatable bonds is 14. The molecule has 23 heavy (non-hydrogen) atoms. The van der Waals surface area contributed by atoms with Crippen LogP contribution < -0.4 is 10.6 Å². The SMILES string of the molecule is CCC(=O)CCCNC(C)CCC(C)(C)C(=O)CCNC(C)C. The Morgan fingerprint density at radius 3 is 2.22 bits per heavy atom. The third-order valence-electron chi connectivity index (χ3n) is 4.38. The summed E-state index contributed by atoms with van der Waals surface area (Å²) in [5.41, 5.74) is -0.257. The van der Waals surface area contributed by atoms with Gasteiger partial charge in [0.2, 0.25) is 0 Å². The average Bonchev–Trinajstić information content (AvgIpc) is 2.48. The minimum atomic E-state index is -0.257. The van der Waals surface area contributed by atoms with E-state index in [-0.39, 0.29) is 5.41 Å². The first-order valence-electron chi connectivity index (χ1n) is 9.20. The summed E-state index contributed by atoms with van der Waals surface area (Å²) >= 11 is 0. The van der Waals surface area contributed by atoms with Gasteiger partial charge in [-0.3, -0.25) is 9.59 Å².